The molecule has 0 aromatic carbocycles. The molecule has 2 rings (SSSR count). The van der Waals surface area contributed by atoms with Gasteiger partial charge in [-0.1, -0.05) is 0 Å². The van der Waals surface area contributed by atoms with Gasteiger partial charge in [0.2, 0.25) is 0 Å². The van der Waals surface area contributed by atoms with Gasteiger partial charge in [0.1, 0.15) is 0 Å². The zero-order valence-electron chi connectivity index (χ0n) is 7.58. The fourth-order valence-electron chi connectivity index (χ4n) is 2.22. The highest BCUT2D eigenvalue weighted by molar-refractivity contribution is 5.85. The van der Waals surface area contributed by atoms with E-state index in [-0.39, 0.29) is 36.5 Å². The Morgan fingerprint density at radius 2 is 1.77 bits per heavy atom. The minimum absolute atomic E-state index is 0. The van der Waals surface area contributed by atoms with E-state index in [9.17, 15) is 5.11 Å². The van der Waals surface area contributed by atoms with Crippen molar-refractivity contribution < 1.29 is 5.11 Å². The highest BCUT2D eigenvalue weighted by Gasteiger charge is 2.38. The van der Waals surface area contributed by atoms with Crippen LogP contribution in [0.25, 0.3) is 0 Å². The number of aliphatic hydroxyl groups excluding tert-OH is 1. The Morgan fingerprint density at radius 1 is 1.15 bits per heavy atom. The summed E-state index contributed by atoms with van der Waals surface area (Å²) < 4.78 is 0. The van der Waals surface area contributed by atoms with Gasteiger partial charge in [0.25, 0.3) is 0 Å². The number of nitrogens with one attached hydrogen (secondary N) is 2. The van der Waals surface area contributed by atoms with Gasteiger partial charge < -0.3 is 15.7 Å². The van der Waals surface area contributed by atoms with E-state index in [0.29, 0.717) is 0 Å². The Hall–Kier alpha value is 0.460. The van der Waals surface area contributed by atoms with Crippen LogP contribution in [0.5, 0.6) is 0 Å². The molecule has 3 nitrogen and oxygen atoms in total. The van der Waals surface area contributed by atoms with Gasteiger partial charge in [-0.25, -0.2) is 0 Å². The van der Waals surface area contributed by atoms with Gasteiger partial charge in [-0.05, 0) is 32.4 Å². The van der Waals surface area contributed by atoms with E-state index in [1.165, 1.54) is 12.8 Å². The van der Waals surface area contributed by atoms with Crippen LogP contribution in [0.3, 0.4) is 0 Å². The normalized spacial score (nSPS) is 30.7. The van der Waals surface area contributed by atoms with Crippen molar-refractivity contribution in [2.75, 3.05) is 19.6 Å². The molecule has 2 heterocycles. The molecule has 0 bridgehead atoms. The molecule has 5 heteroatoms. The quantitative estimate of drug-likeness (QED) is 0.560. The first-order valence-electron chi connectivity index (χ1n) is 4.45. The molecule has 2 saturated heterocycles. The molecule has 0 aromatic heterocycles. The second kappa shape index (κ2) is 5.37. The van der Waals surface area contributed by atoms with Crippen LogP contribution >= 0.6 is 24.8 Å². The summed E-state index contributed by atoms with van der Waals surface area (Å²) in [4.78, 5) is 0. The summed E-state index contributed by atoms with van der Waals surface area (Å²) >= 11 is 0. The van der Waals surface area contributed by atoms with Crippen molar-refractivity contribution in [1.29, 1.82) is 0 Å². The molecular formula is C8H18Cl2N2O. The van der Waals surface area contributed by atoms with Crippen LogP contribution < -0.4 is 10.6 Å². The molecule has 2 fully saturated rings. The van der Waals surface area contributed by atoms with Crippen LogP contribution in [-0.4, -0.2) is 36.4 Å². The van der Waals surface area contributed by atoms with Crippen LogP contribution in [-0.2, 0) is 0 Å². The number of halogens is 2. The monoisotopic (exact) mass is 228 g/mol. The van der Waals surface area contributed by atoms with E-state index in [2.05, 4.69) is 10.6 Å². The Morgan fingerprint density at radius 3 is 2.23 bits per heavy atom. The Kier molecular flexibility index (Phi) is 5.56. The van der Waals surface area contributed by atoms with Crippen LogP contribution in [0.4, 0.5) is 0 Å². The van der Waals surface area contributed by atoms with Gasteiger partial charge in [-0.2, -0.15) is 0 Å². The Balaban J connectivity index is 0.000000720. The molecule has 1 spiro atoms. The fraction of sp³-hybridized carbons (Fsp3) is 1.00. The Bertz CT molecular complexity index is 146. The summed E-state index contributed by atoms with van der Waals surface area (Å²) in [5.41, 5.74) is 0.282. The van der Waals surface area contributed by atoms with Crippen molar-refractivity contribution in [3.8, 4) is 0 Å². The molecule has 0 radical (unpaired) electrons. The molecule has 0 amide bonds. The minimum Gasteiger partial charge on any atom is -0.392 e. The third-order valence-corrected chi connectivity index (χ3v) is 2.90. The molecule has 0 aromatic rings. The average molecular weight is 229 g/mol. The van der Waals surface area contributed by atoms with Crippen molar-refractivity contribution in [2.24, 2.45) is 0 Å². The first kappa shape index (κ1) is 13.5. The molecule has 2 aliphatic rings. The minimum atomic E-state index is -0.104. The van der Waals surface area contributed by atoms with Gasteiger partial charge in [0.15, 0.2) is 0 Å². The average Bonchev–Trinajstić information content (AvgIpc) is 2.34. The summed E-state index contributed by atoms with van der Waals surface area (Å²) in [7, 11) is 0. The predicted molar refractivity (Wildman–Crippen MR) is 58.0 cm³/mol. The van der Waals surface area contributed by atoms with Crippen molar-refractivity contribution in [3.05, 3.63) is 0 Å². The second-order valence-electron chi connectivity index (χ2n) is 3.77. The lowest BCUT2D eigenvalue weighted by Gasteiger charge is -2.33. The summed E-state index contributed by atoms with van der Waals surface area (Å²) in [6.45, 7) is 2.99. The number of hydrogen-bond acceptors (Lipinski definition) is 3. The molecule has 0 aliphatic carbocycles. The van der Waals surface area contributed by atoms with Crippen molar-refractivity contribution in [1.82, 2.24) is 10.6 Å². The molecule has 1 unspecified atom stereocenters. The molecule has 1 atom stereocenters. The molecule has 80 valence electrons. The number of rotatable bonds is 0. The SMILES string of the molecule is Cl.Cl.OC1CNC2(CCNCC2)C1. The smallest absolute Gasteiger partial charge is 0.0682 e. The lowest BCUT2D eigenvalue weighted by Crippen LogP contribution is -2.48. The maximum atomic E-state index is 9.36. The zero-order chi connectivity index (χ0) is 7.73. The van der Waals surface area contributed by atoms with E-state index in [1.807, 2.05) is 0 Å². The summed E-state index contributed by atoms with van der Waals surface area (Å²) in [5.74, 6) is 0. The highest BCUT2D eigenvalue weighted by atomic mass is 35.5. The first-order valence-corrected chi connectivity index (χ1v) is 4.45. The van der Waals surface area contributed by atoms with Gasteiger partial charge in [0, 0.05) is 12.1 Å². The summed E-state index contributed by atoms with van der Waals surface area (Å²) in [6, 6.07) is 0. The van der Waals surface area contributed by atoms with Gasteiger partial charge >= 0.3 is 0 Å². The fourth-order valence-corrected chi connectivity index (χ4v) is 2.22. The topological polar surface area (TPSA) is 44.3 Å². The van der Waals surface area contributed by atoms with Gasteiger partial charge in [-0.3, -0.25) is 0 Å². The Labute approximate surface area is 91.5 Å². The van der Waals surface area contributed by atoms with Gasteiger partial charge in [0.05, 0.1) is 6.10 Å². The first-order chi connectivity index (χ1) is 5.31. The number of aliphatic hydroxyl groups is 1. The lowest BCUT2D eigenvalue weighted by atomic mass is 9.87. The largest absolute Gasteiger partial charge is 0.392 e. The van der Waals surface area contributed by atoms with E-state index in [1.54, 1.807) is 0 Å². The second-order valence-corrected chi connectivity index (χ2v) is 3.77. The molecule has 13 heavy (non-hydrogen) atoms. The predicted octanol–water partition coefficient (Wildman–Crippen LogP) is 0.306. The highest BCUT2D eigenvalue weighted by Crippen LogP contribution is 2.28. The number of hydrogen-bond donors (Lipinski definition) is 3. The third kappa shape index (κ3) is 2.96. The lowest BCUT2D eigenvalue weighted by molar-refractivity contribution is 0.175. The maximum Gasteiger partial charge on any atom is 0.0682 e. The number of β-amino-alcohol motifs (C(OH)–C–C–N with tert-alkyl or cyclic N) is 1. The third-order valence-electron chi connectivity index (χ3n) is 2.90. The molecule has 3 N–H and O–H groups in total. The molecule has 0 saturated carbocycles. The van der Waals surface area contributed by atoms with Gasteiger partial charge in [-0.15, -0.1) is 24.8 Å². The molecule has 2 aliphatic heterocycles. The summed E-state index contributed by atoms with van der Waals surface area (Å²) in [6.07, 6.45) is 3.19. The molecular weight excluding hydrogens is 211 g/mol. The van der Waals surface area contributed by atoms with Crippen LogP contribution in [0.15, 0.2) is 0 Å². The van der Waals surface area contributed by atoms with E-state index >= 15 is 0 Å². The van der Waals surface area contributed by atoms with Crippen LogP contribution in [0, 0.1) is 0 Å². The van der Waals surface area contributed by atoms with E-state index < -0.39 is 0 Å². The maximum absolute atomic E-state index is 9.36. The van der Waals surface area contributed by atoms with Crippen LogP contribution in [0.1, 0.15) is 19.3 Å². The van der Waals surface area contributed by atoms with E-state index in [0.717, 1.165) is 26.1 Å². The number of piperidine rings is 1. The standard InChI is InChI=1S/C8H16N2O.2ClH/c11-7-5-8(10-6-7)1-3-9-4-2-8;;/h7,9-11H,1-6H2;2*1H. The summed E-state index contributed by atoms with van der Waals surface area (Å²) in [5, 5.41) is 16.1. The van der Waals surface area contributed by atoms with E-state index in [4.69, 9.17) is 0 Å². The zero-order valence-corrected chi connectivity index (χ0v) is 9.22. The van der Waals surface area contributed by atoms with Crippen molar-refractivity contribution in [3.63, 3.8) is 0 Å². The van der Waals surface area contributed by atoms with Crippen molar-refractivity contribution >= 4 is 24.8 Å². The van der Waals surface area contributed by atoms with Crippen molar-refractivity contribution in [2.45, 2.75) is 30.9 Å². The van der Waals surface area contributed by atoms with Crippen LogP contribution in [0.2, 0.25) is 0 Å².